The van der Waals surface area contributed by atoms with Gasteiger partial charge in [0.2, 0.25) is 5.89 Å². The van der Waals surface area contributed by atoms with Crippen molar-refractivity contribution in [2.45, 2.75) is 34.3 Å². The standard InChI is InChI=1S/C21H22N2O4/c1-13-6-5-7-17(10-13)21-23-22-18(27-21)11-25-19(24)12-26-20-15(3)8-14(2)9-16(20)4/h5-10H,11-12H2,1-4H3. The van der Waals surface area contributed by atoms with Crippen molar-refractivity contribution in [1.29, 1.82) is 0 Å². The topological polar surface area (TPSA) is 74.5 Å². The second-order valence-corrected chi connectivity index (χ2v) is 6.55. The number of carbonyl (C=O) groups is 1. The van der Waals surface area contributed by atoms with Crippen LogP contribution >= 0.6 is 0 Å². The maximum absolute atomic E-state index is 12.0. The average Bonchev–Trinajstić information content (AvgIpc) is 3.08. The van der Waals surface area contributed by atoms with E-state index in [0.29, 0.717) is 11.6 Å². The molecule has 0 radical (unpaired) electrons. The summed E-state index contributed by atoms with van der Waals surface area (Å²) in [6.45, 7) is 7.64. The van der Waals surface area contributed by atoms with E-state index in [9.17, 15) is 4.79 Å². The van der Waals surface area contributed by atoms with Crippen molar-refractivity contribution in [3.05, 3.63) is 64.5 Å². The fourth-order valence-electron chi connectivity index (χ4n) is 2.92. The van der Waals surface area contributed by atoms with E-state index in [-0.39, 0.29) is 19.1 Å². The van der Waals surface area contributed by atoms with Gasteiger partial charge in [-0.2, -0.15) is 0 Å². The Hall–Kier alpha value is -3.15. The molecular formula is C21H22N2O4. The smallest absolute Gasteiger partial charge is 0.344 e. The summed E-state index contributed by atoms with van der Waals surface area (Å²) in [6, 6.07) is 11.8. The molecule has 0 fully saturated rings. The minimum absolute atomic E-state index is 0.0904. The van der Waals surface area contributed by atoms with Crippen molar-refractivity contribution in [2.75, 3.05) is 6.61 Å². The lowest BCUT2D eigenvalue weighted by atomic mass is 10.1. The molecule has 0 spiro atoms. The predicted molar refractivity (Wildman–Crippen MR) is 100 cm³/mol. The van der Waals surface area contributed by atoms with Gasteiger partial charge in [0.1, 0.15) is 5.75 Å². The first-order valence-corrected chi connectivity index (χ1v) is 8.68. The van der Waals surface area contributed by atoms with Crippen LogP contribution in [0.5, 0.6) is 5.75 Å². The zero-order chi connectivity index (χ0) is 19.4. The SMILES string of the molecule is Cc1cccc(-c2nnc(COC(=O)COc3c(C)cc(C)cc3C)o2)c1. The van der Waals surface area contributed by atoms with Gasteiger partial charge < -0.3 is 13.9 Å². The molecule has 0 saturated heterocycles. The van der Waals surface area contributed by atoms with Gasteiger partial charge in [-0.1, -0.05) is 35.4 Å². The first-order chi connectivity index (χ1) is 12.9. The van der Waals surface area contributed by atoms with Gasteiger partial charge in [0, 0.05) is 5.56 Å². The van der Waals surface area contributed by atoms with Gasteiger partial charge in [-0.3, -0.25) is 0 Å². The quantitative estimate of drug-likeness (QED) is 0.612. The van der Waals surface area contributed by atoms with Crippen LogP contribution in [0.1, 0.15) is 28.1 Å². The van der Waals surface area contributed by atoms with Crippen LogP contribution in [-0.2, 0) is 16.1 Å². The molecule has 2 aromatic carbocycles. The summed E-state index contributed by atoms with van der Waals surface area (Å²) in [7, 11) is 0. The summed E-state index contributed by atoms with van der Waals surface area (Å²) in [5.41, 5.74) is 5.05. The number of benzene rings is 2. The van der Waals surface area contributed by atoms with Crippen molar-refractivity contribution >= 4 is 5.97 Å². The molecule has 0 atom stereocenters. The van der Waals surface area contributed by atoms with Crippen LogP contribution in [0.15, 0.2) is 40.8 Å². The van der Waals surface area contributed by atoms with E-state index in [4.69, 9.17) is 13.9 Å². The molecule has 1 heterocycles. The zero-order valence-corrected chi connectivity index (χ0v) is 15.9. The Morgan fingerprint density at radius 2 is 1.74 bits per heavy atom. The average molecular weight is 366 g/mol. The highest BCUT2D eigenvalue weighted by Crippen LogP contribution is 2.24. The zero-order valence-electron chi connectivity index (χ0n) is 15.9. The van der Waals surface area contributed by atoms with Crippen LogP contribution < -0.4 is 4.74 Å². The molecule has 0 amide bonds. The number of hydrogen-bond acceptors (Lipinski definition) is 6. The Balaban J connectivity index is 1.54. The lowest BCUT2D eigenvalue weighted by Crippen LogP contribution is -2.15. The van der Waals surface area contributed by atoms with Crippen LogP contribution in [0, 0.1) is 27.7 Å². The Labute approximate surface area is 158 Å². The molecular weight excluding hydrogens is 344 g/mol. The van der Waals surface area contributed by atoms with E-state index >= 15 is 0 Å². The molecule has 3 rings (SSSR count). The third-order valence-electron chi connectivity index (χ3n) is 4.03. The normalized spacial score (nSPS) is 10.7. The summed E-state index contributed by atoms with van der Waals surface area (Å²) in [6.07, 6.45) is 0. The fraction of sp³-hybridized carbons (Fsp3) is 0.286. The molecule has 0 N–H and O–H groups in total. The Morgan fingerprint density at radius 3 is 2.44 bits per heavy atom. The van der Waals surface area contributed by atoms with Crippen molar-refractivity contribution in [1.82, 2.24) is 10.2 Å². The van der Waals surface area contributed by atoms with Gasteiger partial charge in [0.15, 0.2) is 13.2 Å². The molecule has 0 aliphatic carbocycles. The second kappa shape index (κ2) is 8.03. The van der Waals surface area contributed by atoms with Crippen LogP contribution in [0.2, 0.25) is 0 Å². The van der Waals surface area contributed by atoms with Crippen molar-refractivity contribution in [3.63, 3.8) is 0 Å². The molecule has 6 heteroatoms. The first-order valence-electron chi connectivity index (χ1n) is 8.68. The highest BCUT2D eigenvalue weighted by Gasteiger charge is 2.13. The minimum Gasteiger partial charge on any atom is -0.481 e. The fourth-order valence-corrected chi connectivity index (χ4v) is 2.92. The van der Waals surface area contributed by atoms with Crippen LogP contribution in [0.3, 0.4) is 0 Å². The lowest BCUT2D eigenvalue weighted by Gasteiger charge is -2.12. The Kier molecular flexibility index (Phi) is 5.54. The van der Waals surface area contributed by atoms with Crippen molar-refractivity contribution in [2.24, 2.45) is 0 Å². The number of ether oxygens (including phenoxy) is 2. The summed E-state index contributed by atoms with van der Waals surface area (Å²) in [5.74, 6) is 0.844. The van der Waals surface area contributed by atoms with Crippen LogP contribution in [0.25, 0.3) is 11.5 Å². The van der Waals surface area contributed by atoms with Gasteiger partial charge >= 0.3 is 5.97 Å². The number of aryl methyl sites for hydroxylation is 4. The summed E-state index contributed by atoms with van der Waals surface area (Å²) < 4.78 is 16.3. The number of rotatable bonds is 6. The van der Waals surface area contributed by atoms with Crippen LogP contribution in [-0.4, -0.2) is 22.8 Å². The molecule has 140 valence electrons. The molecule has 0 saturated carbocycles. The monoisotopic (exact) mass is 366 g/mol. The molecule has 27 heavy (non-hydrogen) atoms. The van der Waals surface area contributed by atoms with Gasteiger partial charge in [0.25, 0.3) is 5.89 Å². The third-order valence-corrected chi connectivity index (χ3v) is 4.03. The van der Waals surface area contributed by atoms with Gasteiger partial charge in [0.05, 0.1) is 0 Å². The molecule has 0 aliphatic heterocycles. The van der Waals surface area contributed by atoms with Gasteiger partial charge in [-0.15, -0.1) is 10.2 Å². The highest BCUT2D eigenvalue weighted by atomic mass is 16.6. The highest BCUT2D eigenvalue weighted by molar-refractivity contribution is 5.71. The largest absolute Gasteiger partial charge is 0.481 e. The Morgan fingerprint density at radius 1 is 1.00 bits per heavy atom. The number of esters is 1. The van der Waals surface area contributed by atoms with E-state index in [1.807, 2.05) is 64.1 Å². The van der Waals surface area contributed by atoms with Crippen molar-refractivity contribution < 1.29 is 18.7 Å². The van der Waals surface area contributed by atoms with E-state index in [2.05, 4.69) is 10.2 Å². The van der Waals surface area contributed by atoms with Crippen LogP contribution in [0.4, 0.5) is 0 Å². The number of hydrogen-bond donors (Lipinski definition) is 0. The molecule has 0 unspecified atom stereocenters. The first kappa shape index (κ1) is 18.6. The number of nitrogens with zero attached hydrogens (tertiary/aromatic N) is 2. The lowest BCUT2D eigenvalue weighted by molar-refractivity contribution is -0.148. The third kappa shape index (κ3) is 4.73. The molecule has 6 nitrogen and oxygen atoms in total. The Bertz CT molecular complexity index is 939. The molecule has 0 aliphatic rings. The van der Waals surface area contributed by atoms with Gasteiger partial charge in [-0.05, 0) is 51.0 Å². The summed E-state index contributed by atoms with van der Waals surface area (Å²) in [5, 5.41) is 7.91. The minimum atomic E-state index is -0.496. The second-order valence-electron chi connectivity index (χ2n) is 6.55. The predicted octanol–water partition coefficient (Wildman–Crippen LogP) is 4.09. The number of aromatic nitrogens is 2. The van der Waals surface area contributed by atoms with Gasteiger partial charge in [-0.25, -0.2) is 4.79 Å². The number of carbonyl (C=O) groups excluding carboxylic acids is 1. The molecule has 1 aromatic heterocycles. The van der Waals surface area contributed by atoms with E-state index in [1.54, 1.807) is 0 Å². The molecule has 3 aromatic rings. The molecule has 0 bridgehead atoms. The van der Waals surface area contributed by atoms with E-state index in [1.165, 1.54) is 0 Å². The van der Waals surface area contributed by atoms with E-state index in [0.717, 1.165) is 27.8 Å². The summed E-state index contributed by atoms with van der Waals surface area (Å²) >= 11 is 0. The maximum Gasteiger partial charge on any atom is 0.344 e. The maximum atomic E-state index is 12.0. The summed E-state index contributed by atoms with van der Waals surface area (Å²) in [4.78, 5) is 12.0. The van der Waals surface area contributed by atoms with Crippen molar-refractivity contribution in [3.8, 4) is 17.2 Å². The van der Waals surface area contributed by atoms with E-state index < -0.39 is 5.97 Å².